The largest absolute Gasteiger partial charge is 0.769 e. The number of alkyl halides is 4. The van der Waals surface area contributed by atoms with Crippen LogP contribution in [0.5, 0.6) is 0 Å². The molecule has 0 aliphatic rings. The van der Waals surface area contributed by atoms with Crippen LogP contribution in [0.15, 0.2) is 60.7 Å². The monoisotopic (exact) mass is 606 g/mol. The third-order valence-corrected chi connectivity index (χ3v) is 7.78. The summed E-state index contributed by atoms with van der Waals surface area (Å²) < 4.78 is 0. The minimum Gasteiger partial charge on any atom is -0.769 e. The van der Waals surface area contributed by atoms with Gasteiger partial charge in [-0.25, -0.2) is 0 Å². The molecule has 0 aliphatic heterocycles. The standard InChI is InChI=1S/C22H18Cl4N4O8/c23-19(21(25)15-6-4-13(27(31)32)9-17(15)29(35)36)11-2-1-3-12(8-11)20(24)22(26)16-7-5-14(28(33)34)10-18(16)30(37)38/h1-10,19-22,35-38H/q-4/t19-,20-,21+,22+/m0/s1. The van der Waals surface area contributed by atoms with Gasteiger partial charge >= 0.3 is 0 Å². The number of rotatable bonds is 10. The summed E-state index contributed by atoms with van der Waals surface area (Å²) in [4.78, 5) is 0. The summed E-state index contributed by atoms with van der Waals surface area (Å²) in [5.74, 6) is 0. The van der Waals surface area contributed by atoms with Crippen molar-refractivity contribution < 1.29 is 20.8 Å². The molecule has 3 aromatic rings. The molecule has 12 nitrogen and oxygen atoms in total. The molecule has 4 atom stereocenters. The van der Waals surface area contributed by atoms with E-state index in [2.05, 4.69) is 0 Å². The molecule has 0 aromatic heterocycles. The summed E-state index contributed by atoms with van der Waals surface area (Å²) >= 11 is 26.3. The maximum Gasteiger partial charge on any atom is 0.101 e. The lowest BCUT2D eigenvalue weighted by molar-refractivity contribution is 0.0280. The summed E-state index contributed by atoms with van der Waals surface area (Å²) in [7, 11) is 0. The summed E-state index contributed by atoms with van der Waals surface area (Å²) in [5.41, 5.74) is -0.455. The second-order valence-electron chi connectivity index (χ2n) is 7.86. The molecule has 16 heteroatoms. The Morgan fingerprint density at radius 3 is 1.21 bits per heavy atom. The molecule has 0 saturated heterocycles. The van der Waals surface area contributed by atoms with E-state index in [1.165, 1.54) is 12.1 Å². The number of anilines is 4. The SMILES string of the molecule is [O-]N([O-])c1ccc([C@@H](Cl)[C@@H](Cl)c2cccc([C@H](Cl)[C@H](Cl)c3ccc(N([O-])[O-])cc3N(O)O)c2)c(N(O)O)c1. The second kappa shape index (κ2) is 12.7. The lowest BCUT2D eigenvalue weighted by Gasteiger charge is -2.38. The van der Waals surface area contributed by atoms with Gasteiger partial charge in [0.05, 0.1) is 21.5 Å². The minimum absolute atomic E-state index is 0.0896. The predicted molar refractivity (Wildman–Crippen MR) is 144 cm³/mol. The summed E-state index contributed by atoms with van der Waals surface area (Å²) in [6, 6.07) is 13.0. The molecule has 4 N–H and O–H groups in total. The fourth-order valence-corrected chi connectivity index (χ4v) is 4.86. The first-order valence-electron chi connectivity index (χ1n) is 10.4. The van der Waals surface area contributed by atoms with E-state index in [0.717, 1.165) is 24.3 Å². The number of benzene rings is 3. The molecule has 206 valence electrons. The van der Waals surface area contributed by atoms with Crippen molar-refractivity contribution in [3.8, 4) is 0 Å². The fourth-order valence-electron chi connectivity index (χ4n) is 3.66. The fraction of sp³-hybridized carbons (Fsp3) is 0.182. The third kappa shape index (κ3) is 6.63. The number of nitrogens with zero attached hydrogens (tertiary/aromatic N) is 4. The zero-order chi connectivity index (χ0) is 28.3. The Hall–Kier alpha value is -2.30. The van der Waals surface area contributed by atoms with E-state index in [4.69, 9.17) is 46.4 Å². The molecule has 0 heterocycles. The van der Waals surface area contributed by atoms with Gasteiger partial charge in [0.1, 0.15) is 11.4 Å². The van der Waals surface area contributed by atoms with Gasteiger partial charge in [-0.15, -0.1) is 56.9 Å². The van der Waals surface area contributed by atoms with Crippen LogP contribution in [-0.4, -0.2) is 20.8 Å². The molecule has 0 amide bonds. The van der Waals surface area contributed by atoms with Crippen LogP contribution in [0.25, 0.3) is 0 Å². The summed E-state index contributed by atoms with van der Waals surface area (Å²) in [6.45, 7) is 0. The number of halogens is 4. The zero-order valence-corrected chi connectivity index (χ0v) is 21.8. The van der Waals surface area contributed by atoms with Crippen molar-refractivity contribution in [2.75, 3.05) is 20.9 Å². The van der Waals surface area contributed by atoms with Crippen LogP contribution in [0.3, 0.4) is 0 Å². The highest BCUT2D eigenvalue weighted by Crippen LogP contribution is 2.47. The molecule has 0 fully saturated rings. The van der Waals surface area contributed by atoms with Crippen LogP contribution in [0, 0.1) is 20.8 Å². The van der Waals surface area contributed by atoms with Crippen molar-refractivity contribution in [2.45, 2.75) is 21.5 Å². The molecule has 0 spiro atoms. The molecule has 3 rings (SSSR count). The molecule has 0 unspecified atom stereocenters. The van der Waals surface area contributed by atoms with Crippen LogP contribution in [0.4, 0.5) is 22.7 Å². The topological polar surface area (TPSA) is 186 Å². The van der Waals surface area contributed by atoms with Crippen LogP contribution in [0.1, 0.15) is 43.8 Å². The first-order valence-corrected chi connectivity index (χ1v) is 12.2. The highest BCUT2D eigenvalue weighted by atomic mass is 35.5. The summed E-state index contributed by atoms with van der Waals surface area (Å²) in [5, 5.41) is 76.3. The molecule has 0 aliphatic carbocycles. The predicted octanol–water partition coefficient (Wildman–Crippen LogP) is 6.98. The van der Waals surface area contributed by atoms with Crippen molar-refractivity contribution in [3.63, 3.8) is 0 Å². The smallest absolute Gasteiger partial charge is 0.101 e. The lowest BCUT2D eigenvalue weighted by atomic mass is 9.96. The van der Waals surface area contributed by atoms with Gasteiger partial charge in [-0.1, -0.05) is 36.4 Å². The van der Waals surface area contributed by atoms with E-state index < -0.39 is 43.3 Å². The van der Waals surface area contributed by atoms with E-state index in [-0.39, 0.29) is 33.0 Å². The van der Waals surface area contributed by atoms with Gasteiger partial charge in [0.15, 0.2) is 0 Å². The van der Waals surface area contributed by atoms with Crippen molar-refractivity contribution >= 4 is 69.2 Å². The summed E-state index contributed by atoms with van der Waals surface area (Å²) in [6.07, 6.45) is 0. The van der Waals surface area contributed by atoms with Crippen LogP contribution >= 0.6 is 46.4 Å². The highest BCUT2D eigenvalue weighted by molar-refractivity contribution is 6.31. The third-order valence-electron chi connectivity index (χ3n) is 5.54. The van der Waals surface area contributed by atoms with Crippen molar-refractivity contribution in [2.24, 2.45) is 0 Å². The van der Waals surface area contributed by atoms with Gasteiger partial charge in [0.2, 0.25) is 0 Å². The zero-order valence-electron chi connectivity index (χ0n) is 18.8. The van der Waals surface area contributed by atoms with Gasteiger partial charge in [-0.2, -0.15) is 0 Å². The first-order chi connectivity index (χ1) is 17.8. The Morgan fingerprint density at radius 2 is 0.895 bits per heavy atom. The maximum atomic E-state index is 11.1. The molecular weight excluding hydrogens is 590 g/mol. The van der Waals surface area contributed by atoms with Crippen LogP contribution in [0.2, 0.25) is 0 Å². The molecular formula is C22H18Cl4N4O8-4. The molecule has 0 bridgehead atoms. The molecule has 0 saturated carbocycles. The van der Waals surface area contributed by atoms with E-state index >= 15 is 0 Å². The molecule has 0 radical (unpaired) electrons. The van der Waals surface area contributed by atoms with Gasteiger partial charge in [-0.05, 0) is 35.4 Å². The average Bonchev–Trinajstić information content (AvgIpc) is 2.90. The van der Waals surface area contributed by atoms with Crippen molar-refractivity contribution in [1.29, 1.82) is 0 Å². The van der Waals surface area contributed by atoms with E-state index in [1.54, 1.807) is 24.3 Å². The normalized spacial score (nSPS) is 14.4. The van der Waals surface area contributed by atoms with E-state index in [0.29, 0.717) is 11.1 Å². The molecule has 3 aromatic carbocycles. The first kappa shape index (κ1) is 30.2. The van der Waals surface area contributed by atoms with E-state index in [1.807, 2.05) is 0 Å². The van der Waals surface area contributed by atoms with Crippen LogP contribution in [-0.2, 0) is 0 Å². The Balaban J connectivity index is 1.91. The minimum atomic E-state index is -1.09. The Bertz CT molecular complexity index is 1160. The highest BCUT2D eigenvalue weighted by Gasteiger charge is 2.28. The van der Waals surface area contributed by atoms with Crippen molar-refractivity contribution in [1.82, 2.24) is 0 Å². The van der Waals surface area contributed by atoms with Gasteiger partial charge in [-0.3, -0.25) is 20.8 Å². The van der Waals surface area contributed by atoms with Crippen molar-refractivity contribution in [3.05, 3.63) is 104 Å². The second-order valence-corrected chi connectivity index (χ2v) is 9.74. The Labute approximate surface area is 235 Å². The molecule has 38 heavy (non-hydrogen) atoms. The van der Waals surface area contributed by atoms with Gasteiger partial charge in [0.25, 0.3) is 0 Å². The van der Waals surface area contributed by atoms with Gasteiger partial charge in [0, 0.05) is 22.5 Å². The number of hydrogen-bond donors (Lipinski definition) is 4. The Morgan fingerprint density at radius 1 is 0.526 bits per heavy atom. The number of hydrogen-bond acceptors (Lipinski definition) is 12. The lowest BCUT2D eigenvalue weighted by Crippen LogP contribution is -2.16. The average molecular weight is 608 g/mol. The maximum absolute atomic E-state index is 11.1. The van der Waals surface area contributed by atoms with Gasteiger partial charge < -0.3 is 31.3 Å². The Kier molecular flexibility index (Phi) is 10.1. The quantitative estimate of drug-likeness (QED) is 0.137. The van der Waals surface area contributed by atoms with E-state index in [9.17, 15) is 41.7 Å². The van der Waals surface area contributed by atoms with Crippen LogP contribution < -0.4 is 20.9 Å².